The maximum Gasteiger partial charge on any atom is 0.225 e. The number of aromatic nitrogens is 1. The number of nitrogens with zero attached hydrogens (tertiary/aromatic N) is 2. The minimum absolute atomic E-state index is 0.0786. The van der Waals surface area contributed by atoms with Crippen LogP contribution in [0.2, 0.25) is 0 Å². The predicted octanol–water partition coefficient (Wildman–Crippen LogP) is 0.862. The molecule has 1 aliphatic rings. The zero-order valence-corrected chi connectivity index (χ0v) is 10.6. The van der Waals surface area contributed by atoms with Crippen molar-refractivity contribution >= 4 is 17.6 Å². The summed E-state index contributed by atoms with van der Waals surface area (Å²) in [6.45, 7) is 4.07. The quantitative estimate of drug-likeness (QED) is 0.842. The largest absolute Gasteiger partial charge is 0.360 e. The Morgan fingerprint density at radius 3 is 2.78 bits per heavy atom. The first-order chi connectivity index (χ1) is 8.58. The lowest BCUT2D eigenvalue weighted by Crippen LogP contribution is -2.38. The van der Waals surface area contributed by atoms with Crippen LogP contribution in [-0.4, -0.2) is 30.1 Å². The van der Waals surface area contributed by atoms with Gasteiger partial charge in [-0.3, -0.25) is 14.5 Å². The third-order valence-corrected chi connectivity index (χ3v) is 2.85. The Morgan fingerprint density at radius 2 is 2.28 bits per heavy atom. The van der Waals surface area contributed by atoms with Crippen molar-refractivity contribution in [2.75, 3.05) is 18.0 Å². The van der Waals surface area contributed by atoms with E-state index < -0.39 is 0 Å². The van der Waals surface area contributed by atoms with E-state index >= 15 is 0 Å². The molecule has 6 nitrogen and oxygen atoms in total. The highest BCUT2D eigenvalue weighted by atomic mass is 16.5. The van der Waals surface area contributed by atoms with Crippen molar-refractivity contribution in [2.45, 2.75) is 26.7 Å². The van der Waals surface area contributed by atoms with Crippen molar-refractivity contribution in [3.8, 4) is 0 Å². The van der Waals surface area contributed by atoms with Gasteiger partial charge in [-0.15, -0.1) is 0 Å². The van der Waals surface area contributed by atoms with E-state index in [1.807, 2.05) is 0 Å². The summed E-state index contributed by atoms with van der Waals surface area (Å²) in [5, 5.41) is 6.62. The number of carbonyl (C=O) groups excluding carboxylic acids is 2. The van der Waals surface area contributed by atoms with Crippen molar-refractivity contribution in [3.63, 3.8) is 0 Å². The van der Waals surface area contributed by atoms with E-state index in [1.165, 1.54) is 11.8 Å². The normalized spacial score (nSPS) is 14.3. The smallest absolute Gasteiger partial charge is 0.225 e. The number of carbonyl (C=O) groups is 2. The fourth-order valence-electron chi connectivity index (χ4n) is 1.69. The lowest BCUT2D eigenvalue weighted by molar-refractivity contribution is -0.122. The van der Waals surface area contributed by atoms with Gasteiger partial charge in [0.05, 0.1) is 0 Å². The molecule has 1 fully saturated rings. The molecule has 0 bridgehead atoms. The number of nitrogens with one attached hydrogen (secondary N) is 1. The number of aryl methyl sites for hydroxylation is 1. The second-order valence-corrected chi connectivity index (χ2v) is 4.53. The van der Waals surface area contributed by atoms with Gasteiger partial charge in [0.25, 0.3) is 0 Å². The van der Waals surface area contributed by atoms with Crippen LogP contribution < -0.4 is 10.2 Å². The first kappa shape index (κ1) is 12.6. The fraction of sp³-hybridized carbons (Fsp3) is 0.583. The van der Waals surface area contributed by atoms with Crippen molar-refractivity contribution in [1.29, 1.82) is 0 Å². The molecule has 1 aromatic heterocycles. The highest BCUT2D eigenvalue weighted by molar-refractivity contribution is 5.90. The molecule has 0 atom stereocenters. The molecule has 0 unspecified atom stereocenters. The minimum atomic E-state index is -0.121. The minimum Gasteiger partial charge on any atom is -0.360 e. The Labute approximate surface area is 105 Å². The molecule has 1 saturated carbocycles. The average molecular weight is 251 g/mol. The number of amides is 2. The van der Waals surface area contributed by atoms with Crippen molar-refractivity contribution in [2.24, 2.45) is 5.92 Å². The lowest BCUT2D eigenvalue weighted by atomic mass is 10.3. The van der Waals surface area contributed by atoms with E-state index in [1.54, 1.807) is 13.0 Å². The Bertz CT molecular complexity index is 451. The van der Waals surface area contributed by atoms with Gasteiger partial charge in [0.2, 0.25) is 11.8 Å². The van der Waals surface area contributed by atoms with E-state index in [9.17, 15) is 9.59 Å². The SMILES string of the molecule is CC(=O)N(CCNC(=O)C1CC1)c1cc(C)on1. The molecular weight excluding hydrogens is 234 g/mol. The van der Waals surface area contributed by atoms with Gasteiger partial charge in [0.15, 0.2) is 5.82 Å². The number of hydrogen-bond acceptors (Lipinski definition) is 4. The summed E-state index contributed by atoms with van der Waals surface area (Å²) < 4.78 is 4.94. The highest BCUT2D eigenvalue weighted by Gasteiger charge is 2.29. The summed E-state index contributed by atoms with van der Waals surface area (Å²) in [5.41, 5.74) is 0. The molecule has 2 amide bonds. The topological polar surface area (TPSA) is 75.4 Å². The van der Waals surface area contributed by atoms with Crippen LogP contribution in [0.5, 0.6) is 0 Å². The van der Waals surface area contributed by atoms with Crippen LogP contribution >= 0.6 is 0 Å². The Kier molecular flexibility index (Phi) is 3.64. The molecule has 0 saturated heterocycles. The van der Waals surface area contributed by atoms with Crippen molar-refractivity contribution in [3.05, 3.63) is 11.8 Å². The van der Waals surface area contributed by atoms with Crippen LogP contribution in [0, 0.1) is 12.8 Å². The van der Waals surface area contributed by atoms with E-state index in [0.29, 0.717) is 24.7 Å². The zero-order valence-electron chi connectivity index (χ0n) is 10.6. The maximum atomic E-state index is 11.5. The monoisotopic (exact) mass is 251 g/mol. The molecule has 6 heteroatoms. The second kappa shape index (κ2) is 5.20. The van der Waals surface area contributed by atoms with E-state index in [2.05, 4.69) is 10.5 Å². The van der Waals surface area contributed by atoms with Gasteiger partial charge in [-0.25, -0.2) is 0 Å². The summed E-state index contributed by atoms with van der Waals surface area (Å²) in [6.07, 6.45) is 1.95. The summed E-state index contributed by atoms with van der Waals surface area (Å²) in [4.78, 5) is 24.4. The third kappa shape index (κ3) is 3.09. The van der Waals surface area contributed by atoms with E-state index in [4.69, 9.17) is 4.52 Å². The third-order valence-electron chi connectivity index (χ3n) is 2.85. The number of hydrogen-bond donors (Lipinski definition) is 1. The molecule has 0 spiro atoms. The van der Waals surface area contributed by atoms with Gasteiger partial charge < -0.3 is 9.84 Å². The van der Waals surface area contributed by atoms with Crippen molar-refractivity contribution in [1.82, 2.24) is 10.5 Å². The fourth-order valence-corrected chi connectivity index (χ4v) is 1.69. The Hall–Kier alpha value is -1.85. The van der Waals surface area contributed by atoms with Gasteiger partial charge in [0.1, 0.15) is 5.76 Å². The van der Waals surface area contributed by atoms with E-state index in [-0.39, 0.29) is 17.7 Å². The van der Waals surface area contributed by atoms with E-state index in [0.717, 1.165) is 12.8 Å². The van der Waals surface area contributed by atoms with Gasteiger partial charge in [-0.2, -0.15) is 0 Å². The highest BCUT2D eigenvalue weighted by Crippen LogP contribution is 2.28. The van der Waals surface area contributed by atoms with Gasteiger partial charge in [-0.1, -0.05) is 5.16 Å². The molecule has 1 heterocycles. The van der Waals surface area contributed by atoms with Crippen LogP contribution in [0.1, 0.15) is 25.5 Å². The Morgan fingerprint density at radius 1 is 1.56 bits per heavy atom. The number of anilines is 1. The van der Waals surface area contributed by atoms with Crippen LogP contribution in [0.25, 0.3) is 0 Å². The zero-order chi connectivity index (χ0) is 13.1. The van der Waals surface area contributed by atoms with Crippen LogP contribution in [-0.2, 0) is 9.59 Å². The number of rotatable bonds is 5. The molecule has 98 valence electrons. The standard InChI is InChI=1S/C12H17N3O3/c1-8-7-11(14-18-8)15(9(2)16)6-5-13-12(17)10-3-4-10/h7,10H,3-6H2,1-2H3,(H,13,17). The van der Waals surface area contributed by atoms with Crippen LogP contribution in [0.15, 0.2) is 10.6 Å². The molecule has 18 heavy (non-hydrogen) atoms. The lowest BCUT2D eigenvalue weighted by Gasteiger charge is -2.17. The molecular formula is C12H17N3O3. The molecule has 0 aliphatic heterocycles. The molecule has 0 radical (unpaired) electrons. The first-order valence-electron chi connectivity index (χ1n) is 6.07. The Balaban J connectivity index is 1.86. The first-order valence-corrected chi connectivity index (χ1v) is 6.07. The molecule has 1 aliphatic carbocycles. The summed E-state index contributed by atoms with van der Waals surface area (Å²) in [5.74, 6) is 1.28. The molecule has 1 N–H and O–H groups in total. The second-order valence-electron chi connectivity index (χ2n) is 4.53. The van der Waals surface area contributed by atoms with Gasteiger partial charge in [0, 0.05) is 32.0 Å². The van der Waals surface area contributed by atoms with Crippen LogP contribution in [0.3, 0.4) is 0 Å². The van der Waals surface area contributed by atoms with Gasteiger partial charge >= 0.3 is 0 Å². The predicted molar refractivity (Wildman–Crippen MR) is 65.0 cm³/mol. The molecule has 2 rings (SSSR count). The maximum absolute atomic E-state index is 11.5. The van der Waals surface area contributed by atoms with Crippen molar-refractivity contribution < 1.29 is 14.1 Å². The molecule has 1 aromatic rings. The molecule has 0 aromatic carbocycles. The van der Waals surface area contributed by atoms with Crippen LogP contribution in [0.4, 0.5) is 5.82 Å². The summed E-state index contributed by atoms with van der Waals surface area (Å²) in [7, 11) is 0. The average Bonchev–Trinajstić information content (AvgIpc) is 3.08. The summed E-state index contributed by atoms with van der Waals surface area (Å²) in [6, 6.07) is 1.70. The van der Waals surface area contributed by atoms with Gasteiger partial charge in [-0.05, 0) is 19.8 Å². The summed E-state index contributed by atoms with van der Waals surface area (Å²) >= 11 is 0.